The van der Waals surface area contributed by atoms with E-state index in [2.05, 4.69) is 48.9 Å². The SMILES string of the molecule is CCc1cccc2c(/C=C3/C(=O)N(c4ccc(C)c(C)c4)C(=S)N3C)cn(Cc3ccccc3Cl)c12. The van der Waals surface area contributed by atoms with Gasteiger partial charge in [0.1, 0.15) is 5.70 Å². The van der Waals surface area contributed by atoms with Crippen molar-refractivity contribution >= 4 is 57.5 Å². The van der Waals surface area contributed by atoms with Gasteiger partial charge in [0.2, 0.25) is 0 Å². The van der Waals surface area contributed by atoms with Crippen LogP contribution in [-0.4, -0.2) is 27.5 Å². The molecule has 4 aromatic rings. The highest BCUT2D eigenvalue weighted by atomic mass is 35.5. The van der Waals surface area contributed by atoms with E-state index in [1.54, 1.807) is 9.80 Å². The highest BCUT2D eigenvalue weighted by molar-refractivity contribution is 7.80. The van der Waals surface area contributed by atoms with Gasteiger partial charge in [-0.25, -0.2) is 0 Å². The average molecular weight is 514 g/mol. The molecule has 0 unspecified atom stereocenters. The van der Waals surface area contributed by atoms with E-state index >= 15 is 0 Å². The van der Waals surface area contributed by atoms with Crippen LogP contribution in [0, 0.1) is 13.8 Å². The lowest BCUT2D eigenvalue weighted by atomic mass is 10.1. The summed E-state index contributed by atoms with van der Waals surface area (Å²) in [4.78, 5) is 17.1. The molecule has 0 saturated carbocycles. The Labute approximate surface area is 222 Å². The standard InChI is InChI=1S/C30H28ClN3OS/c1-5-21-10-8-11-25-23(18-33(28(21)25)17-22-9-6-7-12-26(22)31)16-27-29(35)34(30(36)32(27)4)24-14-13-19(2)20(3)15-24/h6-16,18H,5,17H2,1-4H3/b27-16-. The third-order valence-corrected chi connectivity index (χ3v) is 7.82. The number of fused-ring (bicyclic) bond motifs is 1. The van der Waals surface area contributed by atoms with Gasteiger partial charge >= 0.3 is 0 Å². The number of aryl methyl sites for hydroxylation is 3. The highest BCUT2D eigenvalue weighted by Crippen LogP contribution is 2.33. The van der Waals surface area contributed by atoms with Crippen LogP contribution in [0.4, 0.5) is 5.69 Å². The van der Waals surface area contributed by atoms with Crippen LogP contribution in [-0.2, 0) is 17.8 Å². The fourth-order valence-corrected chi connectivity index (χ4v) is 5.28. The number of para-hydroxylation sites is 1. The summed E-state index contributed by atoms with van der Waals surface area (Å²) < 4.78 is 2.24. The first kappa shape index (κ1) is 24.3. The number of amides is 1. The number of benzene rings is 3. The molecular formula is C30H28ClN3OS. The van der Waals surface area contributed by atoms with Gasteiger partial charge in [-0.05, 0) is 79.0 Å². The van der Waals surface area contributed by atoms with Gasteiger partial charge in [-0.2, -0.15) is 0 Å². The van der Waals surface area contributed by atoms with Crippen molar-refractivity contribution in [3.8, 4) is 0 Å². The quantitative estimate of drug-likeness (QED) is 0.210. The predicted molar refractivity (Wildman–Crippen MR) is 154 cm³/mol. The van der Waals surface area contributed by atoms with Crippen molar-refractivity contribution in [2.45, 2.75) is 33.7 Å². The predicted octanol–water partition coefficient (Wildman–Crippen LogP) is 7.13. The van der Waals surface area contributed by atoms with E-state index in [4.69, 9.17) is 23.8 Å². The van der Waals surface area contributed by atoms with Gasteiger partial charge in [0.05, 0.1) is 11.2 Å². The molecule has 36 heavy (non-hydrogen) atoms. The third kappa shape index (κ3) is 4.12. The average Bonchev–Trinajstić information content (AvgIpc) is 3.32. The summed E-state index contributed by atoms with van der Waals surface area (Å²) in [5.41, 5.74) is 8.09. The molecule has 0 atom stereocenters. The number of hydrogen-bond donors (Lipinski definition) is 0. The Morgan fingerprint density at radius 3 is 2.44 bits per heavy atom. The van der Waals surface area contributed by atoms with E-state index in [1.165, 1.54) is 11.1 Å². The van der Waals surface area contributed by atoms with Crippen molar-refractivity contribution in [3.63, 3.8) is 0 Å². The first-order valence-electron chi connectivity index (χ1n) is 12.1. The smallest absolute Gasteiger partial charge is 0.281 e. The van der Waals surface area contributed by atoms with Crippen molar-refractivity contribution in [2.24, 2.45) is 0 Å². The minimum Gasteiger partial charge on any atom is -0.342 e. The maximum Gasteiger partial charge on any atom is 0.281 e. The topological polar surface area (TPSA) is 28.5 Å². The van der Waals surface area contributed by atoms with E-state index < -0.39 is 0 Å². The fourth-order valence-electron chi connectivity index (χ4n) is 4.80. The van der Waals surface area contributed by atoms with Crippen molar-refractivity contribution < 1.29 is 4.79 Å². The number of thiocarbonyl (C=S) groups is 1. The molecule has 0 aliphatic carbocycles. The maximum atomic E-state index is 13.6. The summed E-state index contributed by atoms with van der Waals surface area (Å²) in [5.74, 6) is -0.121. The van der Waals surface area contributed by atoms with Crippen LogP contribution in [0.3, 0.4) is 0 Å². The maximum absolute atomic E-state index is 13.6. The van der Waals surface area contributed by atoms with Gasteiger partial charge in [-0.3, -0.25) is 9.69 Å². The molecule has 1 saturated heterocycles. The van der Waals surface area contributed by atoms with Crippen LogP contribution in [0.1, 0.15) is 34.7 Å². The molecule has 0 radical (unpaired) electrons. The molecule has 0 N–H and O–H groups in total. The Kier molecular flexibility index (Phi) is 6.45. The molecular weight excluding hydrogens is 486 g/mol. The van der Waals surface area contributed by atoms with Crippen LogP contribution in [0.5, 0.6) is 0 Å². The lowest BCUT2D eigenvalue weighted by molar-refractivity contribution is -0.114. The monoisotopic (exact) mass is 513 g/mol. The molecule has 0 bridgehead atoms. The van der Waals surface area contributed by atoms with Gasteiger partial charge in [-0.1, -0.05) is 61.0 Å². The van der Waals surface area contributed by atoms with E-state index in [9.17, 15) is 4.79 Å². The molecule has 1 aliphatic rings. The normalized spacial score (nSPS) is 15.1. The lowest BCUT2D eigenvalue weighted by Gasteiger charge is -2.17. The van der Waals surface area contributed by atoms with Crippen LogP contribution in [0.15, 0.2) is 72.6 Å². The number of carbonyl (C=O) groups excluding carboxylic acids is 1. The Morgan fingerprint density at radius 2 is 1.72 bits per heavy atom. The molecule has 1 fully saturated rings. The van der Waals surface area contributed by atoms with Gasteiger partial charge in [0.25, 0.3) is 5.91 Å². The Balaban J connectivity index is 1.61. The molecule has 3 aromatic carbocycles. The van der Waals surface area contributed by atoms with Crippen molar-refractivity contribution in [1.82, 2.24) is 9.47 Å². The number of aromatic nitrogens is 1. The molecule has 5 rings (SSSR count). The summed E-state index contributed by atoms with van der Waals surface area (Å²) >= 11 is 12.2. The summed E-state index contributed by atoms with van der Waals surface area (Å²) in [6, 6.07) is 20.3. The summed E-state index contributed by atoms with van der Waals surface area (Å²) in [5, 5.41) is 2.32. The zero-order valence-corrected chi connectivity index (χ0v) is 22.5. The van der Waals surface area contributed by atoms with Crippen LogP contribution in [0.2, 0.25) is 5.02 Å². The second-order valence-corrected chi connectivity index (χ2v) is 10.0. The molecule has 1 aliphatic heterocycles. The zero-order chi connectivity index (χ0) is 25.6. The van der Waals surface area contributed by atoms with E-state index in [0.29, 0.717) is 17.4 Å². The summed E-state index contributed by atoms with van der Waals surface area (Å²) in [6.07, 6.45) is 4.98. The number of anilines is 1. The van der Waals surface area contributed by atoms with Crippen LogP contribution >= 0.6 is 23.8 Å². The minimum absolute atomic E-state index is 0.121. The number of likely N-dealkylation sites (N-methyl/N-ethyl adjacent to an activating group) is 1. The highest BCUT2D eigenvalue weighted by Gasteiger charge is 2.37. The second kappa shape index (κ2) is 9.57. The van der Waals surface area contributed by atoms with E-state index in [1.807, 2.05) is 56.4 Å². The summed E-state index contributed by atoms with van der Waals surface area (Å²) in [7, 11) is 1.85. The molecule has 4 nitrogen and oxygen atoms in total. The second-order valence-electron chi connectivity index (χ2n) is 9.25. The molecule has 0 spiro atoms. The largest absolute Gasteiger partial charge is 0.342 e. The van der Waals surface area contributed by atoms with E-state index in [0.717, 1.165) is 44.7 Å². The summed E-state index contributed by atoms with van der Waals surface area (Å²) in [6.45, 7) is 6.91. The van der Waals surface area contributed by atoms with E-state index in [-0.39, 0.29) is 5.91 Å². The molecule has 1 amide bonds. The van der Waals surface area contributed by atoms with Crippen LogP contribution < -0.4 is 4.90 Å². The Bertz CT molecular complexity index is 1550. The minimum atomic E-state index is -0.121. The molecule has 182 valence electrons. The Hall–Kier alpha value is -3.41. The fraction of sp³-hybridized carbons (Fsp3) is 0.200. The third-order valence-electron chi connectivity index (χ3n) is 6.99. The van der Waals surface area contributed by atoms with Gasteiger partial charge in [0, 0.05) is 35.8 Å². The Morgan fingerprint density at radius 1 is 0.972 bits per heavy atom. The molecule has 1 aromatic heterocycles. The molecule has 2 heterocycles. The number of carbonyl (C=O) groups is 1. The first-order valence-corrected chi connectivity index (χ1v) is 12.8. The van der Waals surface area contributed by atoms with Crippen molar-refractivity contribution in [2.75, 3.05) is 11.9 Å². The van der Waals surface area contributed by atoms with Gasteiger partial charge in [0.15, 0.2) is 5.11 Å². The first-order chi connectivity index (χ1) is 17.3. The number of hydrogen-bond acceptors (Lipinski definition) is 2. The van der Waals surface area contributed by atoms with Crippen molar-refractivity contribution in [1.29, 1.82) is 0 Å². The zero-order valence-electron chi connectivity index (χ0n) is 20.9. The van der Waals surface area contributed by atoms with Crippen LogP contribution in [0.25, 0.3) is 17.0 Å². The van der Waals surface area contributed by atoms with Gasteiger partial charge < -0.3 is 9.47 Å². The number of rotatable bonds is 5. The lowest BCUT2D eigenvalue weighted by Crippen LogP contribution is -2.31. The molecule has 6 heteroatoms. The van der Waals surface area contributed by atoms with Crippen molar-refractivity contribution in [3.05, 3.63) is 105 Å². The number of nitrogens with zero attached hydrogens (tertiary/aromatic N) is 3. The number of halogens is 1. The van der Waals surface area contributed by atoms with Gasteiger partial charge in [-0.15, -0.1) is 0 Å².